The molecule has 0 aromatic heterocycles. The van der Waals surface area contributed by atoms with Crippen LogP contribution >= 0.6 is 15.9 Å². The molecule has 0 radical (unpaired) electrons. The second-order valence-electron chi connectivity index (χ2n) is 4.98. The summed E-state index contributed by atoms with van der Waals surface area (Å²) < 4.78 is 5.55. The predicted molar refractivity (Wildman–Crippen MR) is 81.5 cm³/mol. The largest absolute Gasteiger partial charge is 0.469 e. The molecule has 0 bridgehead atoms. The third kappa shape index (κ3) is 5.33. The summed E-state index contributed by atoms with van der Waals surface area (Å²) in [5.74, 6) is -0.0236. The lowest BCUT2D eigenvalue weighted by atomic mass is 10.1. The number of hydrogen-bond donors (Lipinski definition) is 0. The summed E-state index contributed by atoms with van der Waals surface area (Å²) in [5, 5.41) is 0. The molecular formula is C15H20BrNO3. The van der Waals surface area contributed by atoms with Crippen LogP contribution in [-0.2, 0) is 9.53 Å². The highest BCUT2D eigenvalue weighted by Crippen LogP contribution is 2.13. The van der Waals surface area contributed by atoms with Crippen LogP contribution < -0.4 is 0 Å². The number of nitrogens with zero attached hydrogens (tertiary/aromatic N) is 1. The number of benzene rings is 1. The third-order valence-electron chi connectivity index (χ3n) is 2.78. The molecule has 110 valence electrons. The van der Waals surface area contributed by atoms with Crippen LogP contribution in [0, 0.1) is 5.92 Å². The highest BCUT2D eigenvalue weighted by atomic mass is 79.9. The average molecular weight is 342 g/mol. The summed E-state index contributed by atoms with van der Waals surface area (Å²) >= 11 is 3.34. The molecule has 0 heterocycles. The quantitative estimate of drug-likeness (QED) is 0.747. The molecule has 5 heteroatoms. The molecule has 4 nitrogen and oxygen atoms in total. The molecule has 0 saturated carbocycles. The Balaban J connectivity index is 2.78. The van der Waals surface area contributed by atoms with Gasteiger partial charge in [0, 0.05) is 23.1 Å². The molecule has 0 aliphatic carbocycles. The molecule has 20 heavy (non-hydrogen) atoms. The van der Waals surface area contributed by atoms with Crippen molar-refractivity contribution < 1.29 is 14.3 Å². The fourth-order valence-corrected chi connectivity index (χ4v) is 2.08. The zero-order valence-electron chi connectivity index (χ0n) is 12.1. The van der Waals surface area contributed by atoms with E-state index in [-0.39, 0.29) is 18.3 Å². The summed E-state index contributed by atoms with van der Waals surface area (Å²) in [7, 11) is 1.35. The average Bonchev–Trinajstić information content (AvgIpc) is 2.42. The Labute approximate surface area is 128 Å². The van der Waals surface area contributed by atoms with E-state index in [1.807, 2.05) is 26.0 Å². The van der Waals surface area contributed by atoms with Gasteiger partial charge in [-0.25, -0.2) is 0 Å². The van der Waals surface area contributed by atoms with Gasteiger partial charge in [0.15, 0.2) is 0 Å². The number of halogens is 1. The van der Waals surface area contributed by atoms with E-state index in [1.165, 1.54) is 7.11 Å². The van der Waals surface area contributed by atoms with Gasteiger partial charge in [-0.15, -0.1) is 0 Å². The van der Waals surface area contributed by atoms with Gasteiger partial charge in [-0.05, 0) is 30.2 Å². The maximum absolute atomic E-state index is 12.5. The Morgan fingerprint density at radius 1 is 1.25 bits per heavy atom. The van der Waals surface area contributed by atoms with Crippen LogP contribution in [0.15, 0.2) is 28.7 Å². The van der Waals surface area contributed by atoms with Gasteiger partial charge in [-0.3, -0.25) is 9.59 Å². The van der Waals surface area contributed by atoms with Crippen molar-refractivity contribution in [3.8, 4) is 0 Å². The normalized spacial score (nSPS) is 10.4. The lowest BCUT2D eigenvalue weighted by molar-refractivity contribution is -0.140. The predicted octanol–water partition coefficient (Wildman–Crippen LogP) is 3.11. The van der Waals surface area contributed by atoms with Crippen LogP contribution in [0.2, 0.25) is 0 Å². The first-order chi connectivity index (χ1) is 9.43. The molecule has 1 rings (SSSR count). The Hall–Kier alpha value is -1.36. The first-order valence-corrected chi connectivity index (χ1v) is 7.35. The van der Waals surface area contributed by atoms with Crippen molar-refractivity contribution in [1.82, 2.24) is 4.90 Å². The molecule has 1 aromatic rings. The van der Waals surface area contributed by atoms with Crippen LogP contribution in [0.3, 0.4) is 0 Å². The maximum Gasteiger partial charge on any atom is 0.307 e. The number of hydrogen-bond acceptors (Lipinski definition) is 3. The lowest BCUT2D eigenvalue weighted by Gasteiger charge is -2.24. The smallest absolute Gasteiger partial charge is 0.307 e. The van der Waals surface area contributed by atoms with Gasteiger partial charge >= 0.3 is 5.97 Å². The number of carbonyl (C=O) groups excluding carboxylic acids is 2. The van der Waals surface area contributed by atoms with E-state index < -0.39 is 0 Å². The molecule has 0 N–H and O–H groups in total. The second kappa shape index (κ2) is 8.04. The van der Waals surface area contributed by atoms with Crippen LogP contribution in [-0.4, -0.2) is 37.0 Å². The summed E-state index contributed by atoms with van der Waals surface area (Å²) in [6.07, 6.45) is 0.214. The zero-order valence-corrected chi connectivity index (χ0v) is 13.6. The molecule has 0 spiro atoms. The van der Waals surface area contributed by atoms with Crippen molar-refractivity contribution >= 4 is 27.8 Å². The first-order valence-electron chi connectivity index (χ1n) is 6.55. The molecule has 1 amide bonds. The van der Waals surface area contributed by atoms with Crippen LogP contribution in [0.1, 0.15) is 30.6 Å². The van der Waals surface area contributed by atoms with Gasteiger partial charge in [-0.1, -0.05) is 29.8 Å². The Kier molecular flexibility index (Phi) is 6.71. The minimum Gasteiger partial charge on any atom is -0.469 e. The molecular weight excluding hydrogens is 322 g/mol. The van der Waals surface area contributed by atoms with Gasteiger partial charge in [0.05, 0.1) is 13.5 Å². The fraction of sp³-hybridized carbons (Fsp3) is 0.467. The SMILES string of the molecule is COC(=O)CCN(CC(C)C)C(=O)c1ccc(Br)cc1. The van der Waals surface area contributed by atoms with E-state index in [4.69, 9.17) is 0 Å². The van der Waals surface area contributed by atoms with Gasteiger partial charge in [0.2, 0.25) is 0 Å². The number of esters is 1. The van der Waals surface area contributed by atoms with Crippen molar-refractivity contribution in [2.45, 2.75) is 20.3 Å². The van der Waals surface area contributed by atoms with E-state index >= 15 is 0 Å². The summed E-state index contributed by atoms with van der Waals surface area (Å²) in [6.45, 7) is 5.08. The Morgan fingerprint density at radius 2 is 1.85 bits per heavy atom. The second-order valence-corrected chi connectivity index (χ2v) is 5.89. The summed E-state index contributed by atoms with van der Waals surface area (Å²) in [6, 6.07) is 7.22. The monoisotopic (exact) mass is 341 g/mol. The van der Waals surface area contributed by atoms with E-state index in [9.17, 15) is 9.59 Å². The van der Waals surface area contributed by atoms with Crippen molar-refractivity contribution in [2.24, 2.45) is 5.92 Å². The molecule has 1 aromatic carbocycles. The van der Waals surface area contributed by atoms with Crippen LogP contribution in [0.25, 0.3) is 0 Å². The molecule has 0 unspecified atom stereocenters. The van der Waals surface area contributed by atoms with E-state index in [1.54, 1.807) is 17.0 Å². The number of amides is 1. The fourth-order valence-electron chi connectivity index (χ4n) is 1.82. The molecule has 0 aliphatic heterocycles. The third-order valence-corrected chi connectivity index (χ3v) is 3.31. The van der Waals surface area contributed by atoms with Gasteiger partial charge in [-0.2, -0.15) is 0 Å². The molecule has 0 fully saturated rings. The van der Waals surface area contributed by atoms with Crippen LogP contribution in [0.4, 0.5) is 0 Å². The van der Waals surface area contributed by atoms with Gasteiger partial charge < -0.3 is 9.64 Å². The van der Waals surface area contributed by atoms with Gasteiger partial charge in [0.25, 0.3) is 5.91 Å². The van der Waals surface area contributed by atoms with Crippen molar-refractivity contribution in [3.63, 3.8) is 0 Å². The minimum atomic E-state index is -0.303. The van der Waals surface area contributed by atoms with E-state index in [2.05, 4.69) is 20.7 Å². The Morgan fingerprint density at radius 3 is 2.35 bits per heavy atom. The number of rotatable bonds is 6. The number of methoxy groups -OCH3 is 1. The van der Waals surface area contributed by atoms with Crippen LogP contribution in [0.5, 0.6) is 0 Å². The van der Waals surface area contributed by atoms with E-state index in [0.29, 0.717) is 24.6 Å². The number of carbonyl (C=O) groups is 2. The Bertz CT molecular complexity index is 457. The summed E-state index contributed by atoms with van der Waals surface area (Å²) in [5.41, 5.74) is 0.624. The highest BCUT2D eigenvalue weighted by molar-refractivity contribution is 9.10. The lowest BCUT2D eigenvalue weighted by Crippen LogP contribution is -2.36. The molecule has 0 saturated heterocycles. The van der Waals surface area contributed by atoms with Crippen molar-refractivity contribution in [1.29, 1.82) is 0 Å². The summed E-state index contributed by atoms with van der Waals surface area (Å²) in [4.78, 5) is 25.4. The van der Waals surface area contributed by atoms with E-state index in [0.717, 1.165) is 4.47 Å². The number of ether oxygens (including phenoxy) is 1. The van der Waals surface area contributed by atoms with Gasteiger partial charge in [0.1, 0.15) is 0 Å². The zero-order chi connectivity index (χ0) is 15.1. The highest BCUT2D eigenvalue weighted by Gasteiger charge is 2.18. The minimum absolute atomic E-state index is 0.0601. The topological polar surface area (TPSA) is 46.6 Å². The van der Waals surface area contributed by atoms with Crippen molar-refractivity contribution in [2.75, 3.05) is 20.2 Å². The maximum atomic E-state index is 12.5. The molecule has 0 atom stereocenters. The first kappa shape index (κ1) is 16.7. The molecule has 0 aliphatic rings. The standard InChI is InChI=1S/C15H20BrNO3/c1-11(2)10-17(9-8-14(18)20-3)15(19)12-4-6-13(16)7-5-12/h4-7,11H,8-10H2,1-3H3. The van der Waals surface area contributed by atoms with Crippen molar-refractivity contribution in [3.05, 3.63) is 34.3 Å².